The zero-order valence-electron chi connectivity index (χ0n) is 11.1. The number of anilines is 1. The van der Waals surface area contributed by atoms with Gasteiger partial charge in [0.25, 0.3) is 0 Å². The molecule has 0 bridgehead atoms. The number of nitro groups is 1. The summed E-state index contributed by atoms with van der Waals surface area (Å²) < 4.78 is 0. The van der Waals surface area contributed by atoms with Gasteiger partial charge < -0.3 is 10.4 Å². The van der Waals surface area contributed by atoms with Crippen LogP contribution >= 0.6 is 11.6 Å². The van der Waals surface area contributed by atoms with E-state index in [4.69, 9.17) is 11.6 Å². The quantitative estimate of drug-likeness (QED) is 0.496. The van der Waals surface area contributed by atoms with Gasteiger partial charge in [-0.3, -0.25) is 10.1 Å². The SMILES string of the molecule is O=[N+]([O-])c1ccc(Cl)nc1NCC1(CO)CCCCC1. The third-order valence-corrected chi connectivity index (χ3v) is 4.13. The van der Waals surface area contributed by atoms with Crippen LogP contribution in [-0.4, -0.2) is 28.2 Å². The van der Waals surface area contributed by atoms with Gasteiger partial charge in [0.15, 0.2) is 0 Å². The lowest BCUT2D eigenvalue weighted by Crippen LogP contribution is -2.35. The zero-order valence-corrected chi connectivity index (χ0v) is 11.9. The molecule has 1 saturated carbocycles. The molecule has 2 rings (SSSR count). The Hall–Kier alpha value is -1.40. The van der Waals surface area contributed by atoms with Crippen LogP contribution in [0.5, 0.6) is 0 Å². The molecule has 1 fully saturated rings. The Kier molecular flexibility index (Phi) is 4.77. The molecule has 0 aliphatic heterocycles. The number of nitrogens with one attached hydrogen (secondary N) is 1. The van der Waals surface area contributed by atoms with Crippen molar-refractivity contribution in [2.45, 2.75) is 32.1 Å². The normalized spacial score (nSPS) is 17.7. The Morgan fingerprint density at radius 2 is 2.10 bits per heavy atom. The first-order chi connectivity index (χ1) is 9.56. The molecule has 1 aliphatic carbocycles. The van der Waals surface area contributed by atoms with Gasteiger partial charge in [0.1, 0.15) is 5.15 Å². The highest BCUT2D eigenvalue weighted by atomic mass is 35.5. The average Bonchev–Trinajstić information content (AvgIpc) is 2.46. The van der Waals surface area contributed by atoms with E-state index in [0.29, 0.717) is 6.54 Å². The van der Waals surface area contributed by atoms with Crippen LogP contribution in [-0.2, 0) is 0 Å². The molecular formula is C13H18ClN3O3. The van der Waals surface area contributed by atoms with Gasteiger partial charge in [-0.15, -0.1) is 0 Å². The summed E-state index contributed by atoms with van der Waals surface area (Å²) in [6.07, 6.45) is 5.17. The Morgan fingerprint density at radius 1 is 1.40 bits per heavy atom. The third-order valence-electron chi connectivity index (χ3n) is 3.92. The van der Waals surface area contributed by atoms with Crippen molar-refractivity contribution in [3.05, 3.63) is 27.4 Å². The largest absolute Gasteiger partial charge is 0.396 e. The topological polar surface area (TPSA) is 88.3 Å². The molecule has 20 heavy (non-hydrogen) atoms. The second-order valence-corrected chi connectivity index (χ2v) is 5.72. The maximum Gasteiger partial charge on any atom is 0.311 e. The maximum absolute atomic E-state index is 11.0. The van der Waals surface area contributed by atoms with Gasteiger partial charge in [0.05, 0.1) is 11.5 Å². The summed E-state index contributed by atoms with van der Waals surface area (Å²) >= 11 is 5.79. The number of aliphatic hydroxyl groups is 1. The van der Waals surface area contributed by atoms with Crippen molar-refractivity contribution in [1.82, 2.24) is 4.98 Å². The summed E-state index contributed by atoms with van der Waals surface area (Å²) in [5.41, 5.74) is -0.311. The van der Waals surface area contributed by atoms with Crippen LogP contribution in [0, 0.1) is 15.5 Å². The van der Waals surface area contributed by atoms with Crippen molar-refractivity contribution in [3.63, 3.8) is 0 Å². The van der Waals surface area contributed by atoms with Crippen LogP contribution in [0.2, 0.25) is 5.15 Å². The Labute approximate surface area is 122 Å². The van der Waals surface area contributed by atoms with Gasteiger partial charge in [0.2, 0.25) is 5.82 Å². The molecule has 0 aromatic carbocycles. The minimum absolute atomic E-state index is 0.0777. The van der Waals surface area contributed by atoms with E-state index in [-0.39, 0.29) is 28.7 Å². The number of aliphatic hydroxyl groups excluding tert-OH is 1. The highest BCUT2D eigenvalue weighted by Crippen LogP contribution is 2.36. The summed E-state index contributed by atoms with van der Waals surface area (Å²) in [5, 5.41) is 23.8. The van der Waals surface area contributed by atoms with Gasteiger partial charge in [-0.2, -0.15) is 0 Å². The first kappa shape index (κ1) is 15.0. The van der Waals surface area contributed by atoms with Crippen LogP contribution in [0.3, 0.4) is 0 Å². The van der Waals surface area contributed by atoms with Crippen LogP contribution in [0.4, 0.5) is 11.5 Å². The Balaban J connectivity index is 2.13. The van der Waals surface area contributed by atoms with Gasteiger partial charge in [0, 0.05) is 18.0 Å². The lowest BCUT2D eigenvalue weighted by molar-refractivity contribution is -0.384. The molecule has 1 aromatic heterocycles. The van der Waals surface area contributed by atoms with Crippen LogP contribution in [0.15, 0.2) is 12.1 Å². The van der Waals surface area contributed by atoms with Crippen molar-refractivity contribution < 1.29 is 10.0 Å². The molecule has 0 amide bonds. The van der Waals surface area contributed by atoms with Crippen molar-refractivity contribution in [1.29, 1.82) is 0 Å². The standard InChI is InChI=1S/C13H18ClN3O3/c14-11-5-4-10(17(19)20)12(16-11)15-8-13(9-18)6-2-1-3-7-13/h4-5,18H,1-3,6-9H2,(H,15,16). The highest BCUT2D eigenvalue weighted by molar-refractivity contribution is 6.29. The minimum Gasteiger partial charge on any atom is -0.396 e. The molecule has 0 radical (unpaired) electrons. The third kappa shape index (κ3) is 3.37. The van der Waals surface area contributed by atoms with Crippen LogP contribution < -0.4 is 5.32 Å². The first-order valence-electron chi connectivity index (χ1n) is 6.72. The molecule has 7 heteroatoms. The first-order valence-corrected chi connectivity index (χ1v) is 7.10. The summed E-state index contributed by atoms with van der Waals surface area (Å²) in [6, 6.07) is 2.73. The lowest BCUT2D eigenvalue weighted by Gasteiger charge is -2.35. The molecule has 1 aliphatic rings. The fourth-order valence-electron chi connectivity index (χ4n) is 2.67. The highest BCUT2D eigenvalue weighted by Gasteiger charge is 2.32. The molecule has 2 N–H and O–H groups in total. The number of aromatic nitrogens is 1. The fraction of sp³-hybridized carbons (Fsp3) is 0.615. The Bertz CT molecular complexity index is 490. The van der Waals surface area contributed by atoms with E-state index in [2.05, 4.69) is 10.3 Å². The Morgan fingerprint density at radius 3 is 2.70 bits per heavy atom. The van der Waals surface area contributed by atoms with Crippen LogP contribution in [0.1, 0.15) is 32.1 Å². The van der Waals surface area contributed by atoms with E-state index >= 15 is 0 Å². The molecule has 0 spiro atoms. The van der Waals surface area contributed by atoms with E-state index in [1.165, 1.54) is 18.6 Å². The van der Waals surface area contributed by atoms with E-state index in [0.717, 1.165) is 25.7 Å². The van der Waals surface area contributed by atoms with Crippen molar-refractivity contribution in [2.24, 2.45) is 5.41 Å². The second-order valence-electron chi connectivity index (χ2n) is 5.33. The van der Waals surface area contributed by atoms with E-state index in [9.17, 15) is 15.2 Å². The molecule has 0 saturated heterocycles. The summed E-state index contributed by atoms with van der Waals surface area (Å²) in [6.45, 7) is 0.548. The number of hydrogen-bond donors (Lipinski definition) is 2. The zero-order chi connectivity index (χ0) is 14.6. The van der Waals surface area contributed by atoms with Gasteiger partial charge in [-0.1, -0.05) is 30.9 Å². The number of hydrogen-bond acceptors (Lipinski definition) is 5. The molecule has 6 nitrogen and oxygen atoms in total. The smallest absolute Gasteiger partial charge is 0.311 e. The molecule has 1 aromatic rings. The van der Waals surface area contributed by atoms with E-state index < -0.39 is 4.92 Å². The summed E-state index contributed by atoms with van der Waals surface area (Å²) in [5.74, 6) is 0.167. The minimum atomic E-state index is -0.488. The van der Waals surface area contributed by atoms with Gasteiger partial charge in [-0.25, -0.2) is 4.98 Å². The predicted octanol–water partition coefficient (Wildman–Crippen LogP) is 3.00. The maximum atomic E-state index is 11.0. The summed E-state index contributed by atoms with van der Waals surface area (Å²) in [4.78, 5) is 14.5. The number of pyridine rings is 1. The van der Waals surface area contributed by atoms with Crippen molar-refractivity contribution in [2.75, 3.05) is 18.5 Å². The molecule has 0 unspecified atom stereocenters. The average molecular weight is 300 g/mol. The molecule has 1 heterocycles. The number of halogens is 1. The van der Waals surface area contributed by atoms with E-state index in [1.807, 2.05) is 0 Å². The van der Waals surface area contributed by atoms with Crippen molar-refractivity contribution >= 4 is 23.1 Å². The fourth-order valence-corrected chi connectivity index (χ4v) is 2.82. The van der Waals surface area contributed by atoms with Crippen LogP contribution in [0.25, 0.3) is 0 Å². The van der Waals surface area contributed by atoms with Gasteiger partial charge >= 0.3 is 5.69 Å². The lowest BCUT2D eigenvalue weighted by atomic mass is 9.74. The second kappa shape index (κ2) is 6.37. The molecular weight excluding hydrogens is 282 g/mol. The summed E-state index contributed by atoms with van der Waals surface area (Å²) in [7, 11) is 0. The van der Waals surface area contributed by atoms with E-state index in [1.54, 1.807) is 0 Å². The predicted molar refractivity (Wildman–Crippen MR) is 77.0 cm³/mol. The number of rotatable bonds is 5. The molecule has 0 atom stereocenters. The number of nitrogens with zero attached hydrogens (tertiary/aromatic N) is 2. The van der Waals surface area contributed by atoms with Gasteiger partial charge in [-0.05, 0) is 18.9 Å². The monoisotopic (exact) mass is 299 g/mol. The van der Waals surface area contributed by atoms with Crippen molar-refractivity contribution in [3.8, 4) is 0 Å². The molecule has 110 valence electrons.